The van der Waals surface area contributed by atoms with Gasteiger partial charge in [-0.15, -0.1) is 11.3 Å². The molecule has 2 heterocycles. The molecule has 0 spiro atoms. The molecule has 1 aromatic heterocycles. The van der Waals surface area contributed by atoms with Crippen LogP contribution >= 0.6 is 22.9 Å². The monoisotopic (exact) mass is 407 g/mol. The number of thiophene rings is 1. The molecule has 2 aromatic rings. The van der Waals surface area contributed by atoms with Gasteiger partial charge in [0.25, 0.3) is 5.91 Å². The number of hydrogen-bond donors (Lipinski definition) is 2. The van der Waals surface area contributed by atoms with Crippen molar-refractivity contribution in [2.24, 2.45) is 0 Å². The minimum absolute atomic E-state index is 0.0929. The fourth-order valence-corrected chi connectivity index (χ4v) is 4.04. The van der Waals surface area contributed by atoms with Crippen LogP contribution in [0, 0.1) is 0 Å². The van der Waals surface area contributed by atoms with E-state index in [-0.39, 0.29) is 24.4 Å². The number of nitrogens with zero attached hydrogens (tertiary/aromatic N) is 1. The minimum Gasteiger partial charge on any atom is -0.379 e. The van der Waals surface area contributed by atoms with Gasteiger partial charge in [0.15, 0.2) is 0 Å². The van der Waals surface area contributed by atoms with Crippen molar-refractivity contribution in [3.8, 4) is 0 Å². The molecule has 0 radical (unpaired) electrons. The zero-order valence-corrected chi connectivity index (χ0v) is 16.4. The highest BCUT2D eigenvalue weighted by molar-refractivity contribution is 7.10. The lowest BCUT2D eigenvalue weighted by Gasteiger charge is -2.34. The van der Waals surface area contributed by atoms with Gasteiger partial charge in [0.05, 0.1) is 36.4 Å². The molecule has 3 rings (SSSR count). The van der Waals surface area contributed by atoms with Gasteiger partial charge in [0.1, 0.15) is 0 Å². The maximum Gasteiger partial charge on any atom is 0.253 e. The summed E-state index contributed by atoms with van der Waals surface area (Å²) in [5.74, 6) is -0.594. The molecule has 0 saturated carbocycles. The van der Waals surface area contributed by atoms with Crippen molar-refractivity contribution < 1.29 is 14.3 Å². The summed E-state index contributed by atoms with van der Waals surface area (Å²) in [5.41, 5.74) is 0.358. The van der Waals surface area contributed by atoms with E-state index in [2.05, 4.69) is 21.6 Å². The predicted molar refractivity (Wildman–Crippen MR) is 106 cm³/mol. The van der Waals surface area contributed by atoms with Crippen molar-refractivity contribution >= 4 is 34.8 Å². The highest BCUT2D eigenvalue weighted by Crippen LogP contribution is 2.25. The van der Waals surface area contributed by atoms with Crippen molar-refractivity contribution in [1.29, 1.82) is 0 Å². The van der Waals surface area contributed by atoms with Crippen LogP contribution in [0.5, 0.6) is 0 Å². The first-order chi connectivity index (χ1) is 13.1. The second-order valence-electron chi connectivity index (χ2n) is 6.15. The van der Waals surface area contributed by atoms with Gasteiger partial charge in [-0.2, -0.15) is 0 Å². The Labute approximate surface area is 167 Å². The number of ether oxygens (including phenoxy) is 1. The van der Waals surface area contributed by atoms with E-state index in [1.807, 2.05) is 11.4 Å². The molecular formula is C19H22ClN3O3S. The molecule has 1 aliphatic heterocycles. The molecule has 1 fully saturated rings. The van der Waals surface area contributed by atoms with Crippen LogP contribution < -0.4 is 10.6 Å². The summed E-state index contributed by atoms with van der Waals surface area (Å²) < 4.78 is 5.43. The Morgan fingerprint density at radius 1 is 1.15 bits per heavy atom. The number of morpholine rings is 1. The lowest BCUT2D eigenvalue weighted by Crippen LogP contribution is -2.45. The van der Waals surface area contributed by atoms with E-state index >= 15 is 0 Å². The van der Waals surface area contributed by atoms with Crippen molar-refractivity contribution in [2.45, 2.75) is 6.04 Å². The molecule has 1 saturated heterocycles. The van der Waals surface area contributed by atoms with Gasteiger partial charge in [0.2, 0.25) is 5.91 Å². The number of amides is 2. The number of carbonyl (C=O) groups is 2. The Bertz CT molecular complexity index is 763. The third-order valence-corrected chi connectivity index (χ3v) is 5.68. The van der Waals surface area contributed by atoms with E-state index < -0.39 is 0 Å². The van der Waals surface area contributed by atoms with Crippen molar-refractivity contribution in [2.75, 3.05) is 39.4 Å². The molecule has 6 nitrogen and oxygen atoms in total. The fourth-order valence-electron chi connectivity index (χ4n) is 2.95. The quantitative estimate of drug-likeness (QED) is 0.739. The van der Waals surface area contributed by atoms with Gasteiger partial charge in [0, 0.05) is 24.5 Å². The van der Waals surface area contributed by atoms with Gasteiger partial charge < -0.3 is 15.4 Å². The van der Waals surface area contributed by atoms with Crippen LogP contribution in [0.4, 0.5) is 0 Å². The Hall–Kier alpha value is -1.93. The lowest BCUT2D eigenvalue weighted by atomic mass is 10.2. The molecule has 2 amide bonds. The predicted octanol–water partition coefficient (Wildman–Crippen LogP) is 2.32. The van der Waals surface area contributed by atoms with Crippen LogP contribution in [-0.2, 0) is 9.53 Å². The summed E-state index contributed by atoms with van der Waals surface area (Å²) in [6.07, 6.45) is 0. The topological polar surface area (TPSA) is 70.7 Å². The fraction of sp³-hybridized carbons (Fsp3) is 0.368. The van der Waals surface area contributed by atoms with Crippen molar-refractivity contribution in [3.63, 3.8) is 0 Å². The molecule has 0 bridgehead atoms. The van der Waals surface area contributed by atoms with E-state index in [9.17, 15) is 9.59 Å². The average molecular weight is 408 g/mol. The first kappa shape index (κ1) is 19.8. The summed E-state index contributed by atoms with van der Waals surface area (Å²) in [6.45, 7) is 3.46. The number of benzene rings is 1. The zero-order valence-electron chi connectivity index (χ0n) is 14.8. The second-order valence-corrected chi connectivity index (χ2v) is 7.53. The summed E-state index contributed by atoms with van der Waals surface area (Å²) in [4.78, 5) is 27.9. The summed E-state index contributed by atoms with van der Waals surface area (Å²) in [7, 11) is 0. The van der Waals surface area contributed by atoms with Gasteiger partial charge in [-0.1, -0.05) is 29.8 Å². The standard InChI is InChI=1S/C19H22ClN3O3S/c20-15-5-2-1-4-14(15)19(25)22-13-18(24)21-12-16(17-6-3-11-27-17)23-7-9-26-10-8-23/h1-6,11,16H,7-10,12-13H2,(H,21,24)(H,22,25)/t16-/m0/s1. The number of rotatable bonds is 7. The Morgan fingerprint density at radius 2 is 1.93 bits per heavy atom. The van der Waals surface area contributed by atoms with Crippen LogP contribution in [0.2, 0.25) is 5.02 Å². The van der Waals surface area contributed by atoms with Crippen LogP contribution in [0.3, 0.4) is 0 Å². The maximum absolute atomic E-state index is 12.2. The van der Waals surface area contributed by atoms with E-state index in [0.717, 1.165) is 13.1 Å². The highest BCUT2D eigenvalue weighted by atomic mass is 35.5. The third kappa shape index (κ3) is 5.52. The second kappa shape index (κ2) is 9.85. The lowest BCUT2D eigenvalue weighted by molar-refractivity contribution is -0.120. The van der Waals surface area contributed by atoms with Crippen LogP contribution in [0.15, 0.2) is 41.8 Å². The molecule has 1 aliphatic rings. The normalized spacial score (nSPS) is 15.9. The van der Waals surface area contributed by atoms with Crippen LogP contribution in [-0.4, -0.2) is 56.1 Å². The number of nitrogens with one attached hydrogen (secondary N) is 2. The summed E-state index contributed by atoms with van der Waals surface area (Å²) >= 11 is 7.68. The molecule has 0 aliphatic carbocycles. The molecule has 0 unspecified atom stereocenters. The Morgan fingerprint density at radius 3 is 2.63 bits per heavy atom. The SMILES string of the molecule is O=C(CNC(=O)c1ccccc1Cl)NC[C@@H](c1cccs1)N1CCOCC1. The smallest absolute Gasteiger partial charge is 0.253 e. The van der Waals surface area contributed by atoms with E-state index in [0.29, 0.717) is 30.3 Å². The van der Waals surface area contributed by atoms with Gasteiger partial charge in [-0.25, -0.2) is 0 Å². The largest absolute Gasteiger partial charge is 0.379 e. The molecular weight excluding hydrogens is 386 g/mol. The minimum atomic E-state index is -0.362. The Balaban J connectivity index is 1.52. The summed E-state index contributed by atoms with van der Waals surface area (Å²) in [6, 6.07) is 11.0. The first-order valence-corrected chi connectivity index (χ1v) is 10.1. The molecule has 1 aromatic carbocycles. The van der Waals surface area contributed by atoms with Crippen molar-refractivity contribution in [3.05, 3.63) is 57.2 Å². The molecule has 1 atom stereocenters. The van der Waals surface area contributed by atoms with Gasteiger partial charge in [-0.3, -0.25) is 14.5 Å². The third-order valence-electron chi connectivity index (χ3n) is 4.38. The van der Waals surface area contributed by atoms with Crippen molar-refractivity contribution in [1.82, 2.24) is 15.5 Å². The Kier molecular flexibility index (Phi) is 7.23. The molecule has 2 N–H and O–H groups in total. The number of carbonyl (C=O) groups excluding carboxylic acids is 2. The molecule has 144 valence electrons. The average Bonchev–Trinajstić information content (AvgIpc) is 3.22. The van der Waals surface area contributed by atoms with Gasteiger partial charge in [-0.05, 0) is 23.6 Å². The number of hydrogen-bond acceptors (Lipinski definition) is 5. The number of halogens is 1. The van der Waals surface area contributed by atoms with Crippen LogP contribution in [0.25, 0.3) is 0 Å². The highest BCUT2D eigenvalue weighted by Gasteiger charge is 2.24. The van der Waals surface area contributed by atoms with E-state index in [4.69, 9.17) is 16.3 Å². The summed E-state index contributed by atoms with van der Waals surface area (Å²) in [5, 5.41) is 7.94. The van der Waals surface area contributed by atoms with Gasteiger partial charge >= 0.3 is 0 Å². The zero-order chi connectivity index (χ0) is 19.1. The van der Waals surface area contributed by atoms with Crippen LogP contribution in [0.1, 0.15) is 21.3 Å². The maximum atomic E-state index is 12.2. The molecule has 27 heavy (non-hydrogen) atoms. The van der Waals surface area contributed by atoms with E-state index in [1.165, 1.54) is 4.88 Å². The first-order valence-electron chi connectivity index (χ1n) is 8.80. The molecule has 8 heteroatoms. The van der Waals surface area contributed by atoms with E-state index in [1.54, 1.807) is 35.6 Å².